The summed E-state index contributed by atoms with van der Waals surface area (Å²) in [5.41, 5.74) is 4.98. The molecule has 0 saturated heterocycles. The van der Waals surface area contributed by atoms with E-state index >= 15 is 0 Å². The van der Waals surface area contributed by atoms with E-state index in [9.17, 15) is 0 Å². The lowest BCUT2D eigenvalue weighted by molar-refractivity contribution is 0.296. The van der Waals surface area contributed by atoms with Crippen molar-refractivity contribution < 1.29 is 5.11 Å². The first-order valence-corrected chi connectivity index (χ1v) is 5.49. The summed E-state index contributed by atoms with van der Waals surface area (Å²) in [5.74, 6) is 0.930. The van der Waals surface area contributed by atoms with Gasteiger partial charge in [0.15, 0.2) is 0 Å². The fourth-order valence-corrected chi connectivity index (χ4v) is 2.21. The van der Waals surface area contributed by atoms with Gasteiger partial charge in [-0.1, -0.05) is 6.92 Å². The predicted octanol–water partition coefficient (Wildman–Crippen LogP) is 1.12. The second kappa shape index (κ2) is 6.25. The number of rotatable bonds is 6. The molecule has 3 nitrogen and oxygen atoms in total. The molecule has 0 aromatic heterocycles. The molecule has 0 rings (SSSR count). The third kappa shape index (κ3) is 6.88. The molecule has 0 aliphatic rings. The number of nitriles is 1. The van der Waals surface area contributed by atoms with Gasteiger partial charge < -0.3 is 10.8 Å². The SMILES string of the molecule is CC(CC(C)(N)C#N)SCCCO. The Morgan fingerprint density at radius 3 is 2.77 bits per heavy atom. The maximum atomic E-state index is 8.69. The lowest BCUT2D eigenvalue weighted by Gasteiger charge is -2.19. The maximum Gasteiger partial charge on any atom is 0.102 e. The lowest BCUT2D eigenvalue weighted by atomic mass is 10.00. The maximum absolute atomic E-state index is 8.69. The van der Waals surface area contributed by atoms with E-state index in [4.69, 9.17) is 16.1 Å². The van der Waals surface area contributed by atoms with Crippen LogP contribution in [0.25, 0.3) is 0 Å². The van der Waals surface area contributed by atoms with E-state index < -0.39 is 5.54 Å². The van der Waals surface area contributed by atoms with Gasteiger partial charge in [-0.3, -0.25) is 0 Å². The standard InChI is InChI=1S/C9H18N2OS/c1-8(13-5-3-4-12)6-9(2,11)7-10/h8,12H,3-6,11H2,1-2H3. The summed E-state index contributed by atoms with van der Waals surface area (Å²) in [7, 11) is 0. The van der Waals surface area contributed by atoms with Crippen LogP contribution < -0.4 is 5.73 Å². The summed E-state index contributed by atoms with van der Waals surface area (Å²) in [5, 5.41) is 17.6. The molecule has 2 atom stereocenters. The van der Waals surface area contributed by atoms with Crippen molar-refractivity contribution >= 4 is 11.8 Å². The van der Waals surface area contributed by atoms with Gasteiger partial charge in [0.2, 0.25) is 0 Å². The molecule has 4 heteroatoms. The Bertz CT molecular complexity index is 177. The molecule has 0 spiro atoms. The van der Waals surface area contributed by atoms with Crippen molar-refractivity contribution in [1.82, 2.24) is 0 Å². The van der Waals surface area contributed by atoms with E-state index in [-0.39, 0.29) is 6.61 Å². The molecule has 0 saturated carbocycles. The highest BCUT2D eigenvalue weighted by molar-refractivity contribution is 7.99. The second-order valence-electron chi connectivity index (χ2n) is 3.49. The first-order chi connectivity index (χ1) is 6.02. The Kier molecular flexibility index (Phi) is 6.13. The Hall–Kier alpha value is -0.240. The van der Waals surface area contributed by atoms with Crippen molar-refractivity contribution in [2.75, 3.05) is 12.4 Å². The highest BCUT2D eigenvalue weighted by Gasteiger charge is 2.20. The summed E-state index contributed by atoms with van der Waals surface area (Å²) in [6, 6.07) is 2.08. The van der Waals surface area contributed by atoms with Crippen molar-refractivity contribution in [2.45, 2.75) is 37.5 Å². The van der Waals surface area contributed by atoms with E-state index in [1.807, 2.05) is 0 Å². The largest absolute Gasteiger partial charge is 0.396 e. The average Bonchev–Trinajstić information content (AvgIpc) is 2.04. The van der Waals surface area contributed by atoms with E-state index in [1.165, 1.54) is 0 Å². The van der Waals surface area contributed by atoms with Crippen molar-refractivity contribution in [1.29, 1.82) is 5.26 Å². The number of hydrogen-bond acceptors (Lipinski definition) is 4. The van der Waals surface area contributed by atoms with Crippen molar-refractivity contribution in [3.8, 4) is 6.07 Å². The highest BCUT2D eigenvalue weighted by Crippen LogP contribution is 2.20. The van der Waals surface area contributed by atoms with Crippen molar-refractivity contribution in [3.05, 3.63) is 0 Å². The Balaban J connectivity index is 3.63. The van der Waals surface area contributed by atoms with E-state index in [1.54, 1.807) is 18.7 Å². The zero-order valence-corrected chi connectivity index (χ0v) is 9.10. The molecule has 0 fully saturated rings. The van der Waals surface area contributed by atoms with Gasteiger partial charge in [0.1, 0.15) is 5.54 Å². The second-order valence-corrected chi connectivity index (χ2v) is 5.04. The van der Waals surface area contributed by atoms with Crippen LogP contribution >= 0.6 is 11.8 Å². The van der Waals surface area contributed by atoms with Gasteiger partial charge in [-0.25, -0.2) is 0 Å². The molecule has 3 N–H and O–H groups in total. The Labute approximate surface area is 84.3 Å². The fourth-order valence-electron chi connectivity index (χ4n) is 1.05. The fraction of sp³-hybridized carbons (Fsp3) is 0.889. The van der Waals surface area contributed by atoms with Crippen LogP contribution in [-0.2, 0) is 0 Å². The molecule has 2 unspecified atom stereocenters. The lowest BCUT2D eigenvalue weighted by Crippen LogP contribution is -2.36. The van der Waals surface area contributed by atoms with Crippen LogP contribution in [0, 0.1) is 11.3 Å². The molecule has 0 aromatic carbocycles. The van der Waals surface area contributed by atoms with Crippen molar-refractivity contribution in [2.24, 2.45) is 5.73 Å². The van der Waals surface area contributed by atoms with E-state index in [2.05, 4.69) is 13.0 Å². The van der Waals surface area contributed by atoms with Crippen LogP contribution in [0.15, 0.2) is 0 Å². The van der Waals surface area contributed by atoms with Gasteiger partial charge in [-0.15, -0.1) is 0 Å². The molecular weight excluding hydrogens is 184 g/mol. The molecule has 0 bridgehead atoms. The van der Waals surface area contributed by atoms with E-state index in [0.717, 1.165) is 12.2 Å². The van der Waals surface area contributed by atoms with Crippen LogP contribution in [0.2, 0.25) is 0 Å². The molecule has 0 aromatic rings. The number of nitrogens with zero attached hydrogens (tertiary/aromatic N) is 1. The predicted molar refractivity (Wildman–Crippen MR) is 56.4 cm³/mol. The molecule has 13 heavy (non-hydrogen) atoms. The molecule has 0 heterocycles. The van der Waals surface area contributed by atoms with Gasteiger partial charge in [0.05, 0.1) is 6.07 Å². The summed E-state index contributed by atoms with van der Waals surface area (Å²) in [4.78, 5) is 0. The Morgan fingerprint density at radius 1 is 1.69 bits per heavy atom. The molecule has 76 valence electrons. The molecule has 0 amide bonds. The molecule has 0 aliphatic carbocycles. The van der Waals surface area contributed by atoms with E-state index in [0.29, 0.717) is 11.7 Å². The van der Waals surface area contributed by atoms with Crippen LogP contribution in [0.3, 0.4) is 0 Å². The Morgan fingerprint density at radius 2 is 2.31 bits per heavy atom. The third-order valence-corrected chi connectivity index (χ3v) is 2.93. The molecule has 0 radical (unpaired) electrons. The van der Waals surface area contributed by atoms with Crippen LogP contribution in [-0.4, -0.2) is 28.3 Å². The number of hydrogen-bond donors (Lipinski definition) is 2. The van der Waals surface area contributed by atoms with Crippen LogP contribution in [0.5, 0.6) is 0 Å². The first kappa shape index (κ1) is 12.8. The van der Waals surface area contributed by atoms with Crippen molar-refractivity contribution in [3.63, 3.8) is 0 Å². The zero-order chi connectivity index (χ0) is 10.3. The summed E-state index contributed by atoms with van der Waals surface area (Å²) in [6.45, 7) is 4.04. The highest BCUT2D eigenvalue weighted by atomic mass is 32.2. The van der Waals surface area contributed by atoms with Crippen LogP contribution in [0.1, 0.15) is 26.7 Å². The van der Waals surface area contributed by atoms with Gasteiger partial charge in [0, 0.05) is 11.9 Å². The number of aliphatic hydroxyl groups is 1. The zero-order valence-electron chi connectivity index (χ0n) is 8.29. The van der Waals surface area contributed by atoms with Gasteiger partial charge in [-0.2, -0.15) is 17.0 Å². The smallest absolute Gasteiger partial charge is 0.102 e. The summed E-state index contributed by atoms with van der Waals surface area (Å²) in [6.07, 6.45) is 1.50. The van der Waals surface area contributed by atoms with Crippen LogP contribution in [0.4, 0.5) is 0 Å². The minimum Gasteiger partial charge on any atom is -0.396 e. The monoisotopic (exact) mass is 202 g/mol. The minimum absolute atomic E-state index is 0.234. The summed E-state index contributed by atoms with van der Waals surface area (Å²) >= 11 is 1.75. The number of thioether (sulfide) groups is 1. The topological polar surface area (TPSA) is 70.0 Å². The molecular formula is C9H18N2OS. The molecule has 0 aliphatic heterocycles. The third-order valence-electron chi connectivity index (χ3n) is 1.67. The first-order valence-electron chi connectivity index (χ1n) is 4.44. The van der Waals surface area contributed by atoms with Gasteiger partial charge >= 0.3 is 0 Å². The quantitative estimate of drug-likeness (QED) is 0.633. The minimum atomic E-state index is -0.717. The number of nitrogens with two attached hydrogens (primary N) is 1. The average molecular weight is 202 g/mol. The summed E-state index contributed by atoms with van der Waals surface area (Å²) < 4.78 is 0. The normalized spacial score (nSPS) is 17.5. The van der Waals surface area contributed by atoms with Gasteiger partial charge in [0.25, 0.3) is 0 Å². The number of aliphatic hydroxyl groups excluding tert-OH is 1. The van der Waals surface area contributed by atoms with Gasteiger partial charge in [-0.05, 0) is 25.5 Å².